The molecule has 0 aromatic heterocycles. The first kappa shape index (κ1) is 14.0. The van der Waals surface area contributed by atoms with Crippen molar-refractivity contribution in [2.75, 3.05) is 6.61 Å². The van der Waals surface area contributed by atoms with E-state index >= 15 is 0 Å². The molecule has 0 aliphatic heterocycles. The predicted octanol–water partition coefficient (Wildman–Crippen LogP) is 0.436. The van der Waals surface area contributed by atoms with Gasteiger partial charge in [-0.15, -0.1) is 4.40 Å². The van der Waals surface area contributed by atoms with Crippen LogP contribution in [-0.2, 0) is 14.8 Å². The fourth-order valence-electron chi connectivity index (χ4n) is 1.07. The molecule has 0 fully saturated rings. The van der Waals surface area contributed by atoms with Gasteiger partial charge < -0.3 is 10.5 Å². The van der Waals surface area contributed by atoms with Gasteiger partial charge in [-0.1, -0.05) is 18.2 Å². The van der Waals surface area contributed by atoms with Crippen LogP contribution in [0.4, 0.5) is 4.79 Å². The largest absolute Gasteiger partial charge is 0.450 e. The third-order valence-electron chi connectivity index (χ3n) is 1.77. The van der Waals surface area contributed by atoms with E-state index in [4.69, 9.17) is 5.73 Å². The molecule has 8 heteroatoms. The summed E-state index contributed by atoms with van der Waals surface area (Å²) in [6, 6.07) is 7.52. The van der Waals surface area contributed by atoms with Crippen LogP contribution in [0.5, 0.6) is 0 Å². The van der Waals surface area contributed by atoms with Crippen LogP contribution in [0, 0.1) is 0 Å². The van der Waals surface area contributed by atoms with E-state index in [1.165, 1.54) is 12.1 Å². The highest BCUT2D eigenvalue weighted by atomic mass is 32.2. The molecule has 3 N–H and O–H groups in total. The van der Waals surface area contributed by atoms with Crippen LogP contribution in [0.1, 0.15) is 6.92 Å². The van der Waals surface area contributed by atoms with E-state index in [9.17, 15) is 13.2 Å². The number of nitrogens with two attached hydrogens (primary N) is 1. The summed E-state index contributed by atoms with van der Waals surface area (Å²) in [6.45, 7) is 1.75. The maximum atomic E-state index is 11.7. The molecule has 1 rings (SSSR count). The number of hydrogen-bond acceptors (Lipinski definition) is 4. The van der Waals surface area contributed by atoms with Gasteiger partial charge in [0, 0.05) is 0 Å². The standard InChI is InChI=1S/C10H13N3O4S/c1-2-17-10(14)12-9(11)13-18(15,16)8-6-4-3-5-7-8/h3-7H,2H2,1H3,(H3,11,12,13,14). The number of hydrogen-bond donors (Lipinski definition) is 2. The van der Waals surface area contributed by atoms with Gasteiger partial charge >= 0.3 is 6.09 Å². The second-order valence-electron chi connectivity index (χ2n) is 3.11. The summed E-state index contributed by atoms with van der Waals surface area (Å²) in [5, 5.41) is 1.99. The first-order chi connectivity index (χ1) is 8.45. The van der Waals surface area contributed by atoms with E-state index in [2.05, 4.69) is 9.13 Å². The van der Waals surface area contributed by atoms with Gasteiger partial charge in [0.25, 0.3) is 10.0 Å². The molecule has 0 spiro atoms. The van der Waals surface area contributed by atoms with Crippen molar-refractivity contribution in [3.63, 3.8) is 0 Å². The molecule has 0 radical (unpaired) electrons. The zero-order valence-electron chi connectivity index (χ0n) is 9.66. The number of rotatable bonds is 3. The van der Waals surface area contributed by atoms with E-state index in [0.717, 1.165) is 0 Å². The molecule has 0 unspecified atom stereocenters. The second-order valence-corrected chi connectivity index (χ2v) is 4.71. The minimum Gasteiger partial charge on any atom is -0.450 e. The van der Waals surface area contributed by atoms with Crippen molar-refractivity contribution in [2.45, 2.75) is 11.8 Å². The highest BCUT2D eigenvalue weighted by Crippen LogP contribution is 2.10. The molecular weight excluding hydrogens is 258 g/mol. The first-order valence-corrected chi connectivity index (χ1v) is 6.49. The van der Waals surface area contributed by atoms with E-state index in [1.54, 1.807) is 25.1 Å². The van der Waals surface area contributed by atoms with Crippen LogP contribution in [0.15, 0.2) is 39.6 Å². The lowest BCUT2D eigenvalue weighted by molar-refractivity contribution is 0.157. The molecule has 0 bridgehead atoms. The van der Waals surface area contributed by atoms with E-state index < -0.39 is 22.1 Å². The second kappa shape index (κ2) is 6.01. The molecule has 7 nitrogen and oxygen atoms in total. The number of sulfonamides is 1. The lowest BCUT2D eigenvalue weighted by atomic mass is 10.4. The number of benzene rings is 1. The lowest BCUT2D eigenvalue weighted by Gasteiger charge is -2.04. The Hall–Kier alpha value is -2.09. The Bertz CT molecular complexity index is 540. The number of nitrogens with one attached hydrogen (secondary N) is 1. The topological polar surface area (TPSA) is 111 Å². The molecule has 18 heavy (non-hydrogen) atoms. The summed E-state index contributed by atoms with van der Waals surface area (Å²) in [4.78, 5) is 11.0. The minimum absolute atomic E-state index is 0.0152. The van der Waals surface area contributed by atoms with Crippen LogP contribution in [-0.4, -0.2) is 27.1 Å². The van der Waals surface area contributed by atoms with Crippen molar-refractivity contribution in [1.82, 2.24) is 5.32 Å². The number of alkyl carbamates (subject to hydrolysis) is 1. The normalized spacial score (nSPS) is 11.9. The van der Waals surface area contributed by atoms with E-state index in [0.29, 0.717) is 0 Å². The molecule has 0 atom stereocenters. The maximum Gasteiger partial charge on any atom is 0.413 e. The molecule has 1 aromatic rings. The van der Waals surface area contributed by atoms with E-state index in [-0.39, 0.29) is 11.5 Å². The smallest absolute Gasteiger partial charge is 0.413 e. The van der Waals surface area contributed by atoms with Gasteiger partial charge in [-0.2, -0.15) is 8.42 Å². The SMILES string of the molecule is CCOC(=O)N/C(N)=N/S(=O)(=O)c1ccccc1. The number of carbonyl (C=O) groups excluding carboxylic acids is 1. The number of nitrogens with zero attached hydrogens (tertiary/aromatic N) is 1. The summed E-state index contributed by atoms with van der Waals surface area (Å²) in [5.41, 5.74) is 5.29. The summed E-state index contributed by atoms with van der Waals surface area (Å²) >= 11 is 0. The monoisotopic (exact) mass is 271 g/mol. The Morgan fingerprint density at radius 2 is 2.00 bits per heavy atom. The van der Waals surface area contributed by atoms with Gasteiger partial charge in [0.1, 0.15) is 0 Å². The summed E-state index contributed by atoms with van der Waals surface area (Å²) in [5.74, 6) is -0.544. The van der Waals surface area contributed by atoms with Gasteiger partial charge in [0.15, 0.2) is 0 Å². The number of guanidine groups is 1. The summed E-state index contributed by atoms with van der Waals surface area (Å²) in [6.07, 6.45) is -0.859. The Morgan fingerprint density at radius 1 is 1.39 bits per heavy atom. The van der Waals surface area contributed by atoms with Crippen molar-refractivity contribution in [3.05, 3.63) is 30.3 Å². The molecule has 98 valence electrons. The molecule has 1 amide bonds. The van der Waals surface area contributed by atoms with Gasteiger partial charge in [-0.3, -0.25) is 5.32 Å². The third kappa shape index (κ3) is 4.06. The molecule has 0 aliphatic carbocycles. The Balaban J connectivity index is 2.85. The van der Waals surface area contributed by atoms with Crippen molar-refractivity contribution in [2.24, 2.45) is 10.1 Å². The van der Waals surface area contributed by atoms with Crippen molar-refractivity contribution in [1.29, 1.82) is 0 Å². The van der Waals surface area contributed by atoms with E-state index in [1.807, 2.05) is 5.32 Å². The lowest BCUT2D eigenvalue weighted by Crippen LogP contribution is -2.37. The average molecular weight is 271 g/mol. The molecule has 1 aromatic carbocycles. The zero-order valence-corrected chi connectivity index (χ0v) is 10.5. The predicted molar refractivity (Wildman–Crippen MR) is 65.4 cm³/mol. The number of carbonyl (C=O) groups is 1. The van der Waals surface area contributed by atoms with Crippen LogP contribution in [0.25, 0.3) is 0 Å². The van der Waals surface area contributed by atoms with Crippen molar-refractivity contribution in [3.8, 4) is 0 Å². The quantitative estimate of drug-likeness (QED) is 0.612. The molecule has 0 saturated carbocycles. The average Bonchev–Trinajstić information content (AvgIpc) is 2.29. The third-order valence-corrected chi connectivity index (χ3v) is 3.07. The first-order valence-electron chi connectivity index (χ1n) is 5.05. The minimum atomic E-state index is -3.93. The van der Waals surface area contributed by atoms with Crippen LogP contribution < -0.4 is 11.1 Å². The van der Waals surface area contributed by atoms with Crippen molar-refractivity contribution < 1.29 is 17.9 Å². The number of amides is 1. The van der Waals surface area contributed by atoms with Gasteiger partial charge in [-0.25, -0.2) is 4.79 Å². The fourth-order valence-corrected chi connectivity index (χ4v) is 1.98. The van der Waals surface area contributed by atoms with Gasteiger partial charge in [-0.05, 0) is 19.1 Å². The van der Waals surface area contributed by atoms with Crippen molar-refractivity contribution >= 4 is 22.1 Å². The molecular formula is C10H13N3O4S. The summed E-state index contributed by atoms with van der Waals surface area (Å²) < 4.78 is 31.2. The summed E-state index contributed by atoms with van der Waals surface area (Å²) in [7, 11) is -3.93. The van der Waals surface area contributed by atoms with Crippen LogP contribution in [0.2, 0.25) is 0 Å². The van der Waals surface area contributed by atoms with Crippen LogP contribution in [0.3, 0.4) is 0 Å². The molecule has 0 saturated heterocycles. The maximum absolute atomic E-state index is 11.7. The number of ether oxygens (including phenoxy) is 1. The molecule has 0 aliphatic rings. The Kier molecular flexibility index (Phi) is 4.67. The van der Waals surface area contributed by atoms with Crippen LogP contribution >= 0.6 is 0 Å². The Labute approximate surface area is 105 Å². The van der Waals surface area contributed by atoms with Gasteiger partial charge in [0.05, 0.1) is 11.5 Å². The van der Waals surface area contributed by atoms with Gasteiger partial charge in [0.2, 0.25) is 5.96 Å². The zero-order chi connectivity index (χ0) is 13.6. The highest BCUT2D eigenvalue weighted by Gasteiger charge is 2.13. The molecule has 0 heterocycles. The fraction of sp³-hybridized carbons (Fsp3) is 0.200. The Morgan fingerprint density at radius 3 is 2.56 bits per heavy atom. The highest BCUT2D eigenvalue weighted by molar-refractivity contribution is 7.90.